The van der Waals surface area contributed by atoms with E-state index >= 15 is 0 Å². The largest absolute Gasteiger partial charge is 0.454 e. The maximum Gasteiger partial charge on any atom is 0.341 e. The van der Waals surface area contributed by atoms with Crippen molar-refractivity contribution in [1.29, 1.82) is 0 Å². The summed E-state index contributed by atoms with van der Waals surface area (Å²) in [5.74, 6) is -2.00. The maximum absolute atomic E-state index is 13.7. The molecule has 0 unspecified atom stereocenters. The summed E-state index contributed by atoms with van der Waals surface area (Å²) in [6.07, 6.45) is 2.20. The summed E-state index contributed by atoms with van der Waals surface area (Å²) in [6.45, 7) is 4.78. The number of aryl methyl sites for hydroxylation is 1. The van der Waals surface area contributed by atoms with E-state index in [0.29, 0.717) is 12.1 Å². The Balaban J connectivity index is 1.67. The SMILES string of the molecule is Cc1cc(C(=O)COC(=O)c2cc(Cl)ccc2F)c(C)n1C[C@H]1CCCO1. The van der Waals surface area contributed by atoms with Crippen molar-refractivity contribution in [2.24, 2.45) is 0 Å². The predicted molar refractivity (Wildman–Crippen MR) is 98.9 cm³/mol. The van der Waals surface area contributed by atoms with Crippen molar-refractivity contribution >= 4 is 23.4 Å². The van der Waals surface area contributed by atoms with Crippen LogP contribution in [0.15, 0.2) is 24.3 Å². The quantitative estimate of drug-likeness (QED) is 0.547. The number of ketones is 1. The highest BCUT2D eigenvalue weighted by Gasteiger charge is 2.22. The molecule has 0 amide bonds. The van der Waals surface area contributed by atoms with Gasteiger partial charge in [-0.3, -0.25) is 4.79 Å². The van der Waals surface area contributed by atoms with Gasteiger partial charge in [0.1, 0.15) is 5.82 Å². The molecular weight excluding hydrogens is 373 g/mol. The van der Waals surface area contributed by atoms with Crippen molar-refractivity contribution in [1.82, 2.24) is 4.57 Å². The van der Waals surface area contributed by atoms with Crippen molar-refractivity contribution < 1.29 is 23.5 Å². The van der Waals surface area contributed by atoms with E-state index < -0.39 is 18.4 Å². The van der Waals surface area contributed by atoms with Gasteiger partial charge in [0.2, 0.25) is 5.78 Å². The smallest absolute Gasteiger partial charge is 0.341 e. The molecule has 1 saturated heterocycles. The minimum Gasteiger partial charge on any atom is -0.454 e. The van der Waals surface area contributed by atoms with Gasteiger partial charge in [-0.25, -0.2) is 9.18 Å². The van der Waals surface area contributed by atoms with E-state index in [1.54, 1.807) is 6.07 Å². The highest BCUT2D eigenvalue weighted by Crippen LogP contribution is 2.21. The third-order valence-electron chi connectivity index (χ3n) is 4.77. The number of carbonyl (C=O) groups is 2. The van der Waals surface area contributed by atoms with Gasteiger partial charge in [-0.05, 0) is 51.0 Å². The van der Waals surface area contributed by atoms with Crippen molar-refractivity contribution in [3.63, 3.8) is 0 Å². The number of ether oxygens (including phenoxy) is 2. The molecule has 1 aliphatic rings. The van der Waals surface area contributed by atoms with E-state index in [0.717, 1.165) is 36.9 Å². The molecule has 1 atom stereocenters. The summed E-state index contributed by atoms with van der Waals surface area (Å²) in [5.41, 5.74) is 1.94. The van der Waals surface area contributed by atoms with Crippen LogP contribution >= 0.6 is 11.6 Å². The van der Waals surface area contributed by atoms with E-state index in [1.807, 2.05) is 18.4 Å². The fourth-order valence-corrected chi connectivity index (χ4v) is 3.47. The number of halogens is 2. The highest BCUT2D eigenvalue weighted by atomic mass is 35.5. The van der Waals surface area contributed by atoms with E-state index in [4.69, 9.17) is 21.1 Å². The first-order valence-corrected chi connectivity index (χ1v) is 9.18. The molecule has 0 N–H and O–H groups in total. The summed E-state index contributed by atoms with van der Waals surface area (Å²) in [4.78, 5) is 24.6. The lowest BCUT2D eigenvalue weighted by Gasteiger charge is -2.14. The zero-order chi connectivity index (χ0) is 19.6. The average Bonchev–Trinajstić information content (AvgIpc) is 3.25. The molecule has 1 aliphatic heterocycles. The molecule has 0 aliphatic carbocycles. The molecule has 3 rings (SSSR count). The van der Waals surface area contributed by atoms with Crippen LogP contribution in [0, 0.1) is 19.7 Å². The summed E-state index contributed by atoms with van der Waals surface area (Å²) in [6, 6.07) is 5.37. The molecule has 27 heavy (non-hydrogen) atoms. The first-order valence-electron chi connectivity index (χ1n) is 8.80. The molecule has 7 heteroatoms. The Morgan fingerprint density at radius 2 is 2.07 bits per heavy atom. The van der Waals surface area contributed by atoms with Crippen molar-refractivity contribution in [3.8, 4) is 0 Å². The Morgan fingerprint density at radius 3 is 2.78 bits per heavy atom. The molecule has 0 spiro atoms. The molecular formula is C20H21ClFNO4. The predicted octanol–water partition coefficient (Wildman–Crippen LogP) is 4.12. The summed E-state index contributed by atoms with van der Waals surface area (Å²) in [7, 11) is 0. The number of rotatable bonds is 6. The van der Waals surface area contributed by atoms with Crippen LogP contribution in [0.1, 0.15) is 44.9 Å². The van der Waals surface area contributed by atoms with Crippen LogP contribution in [0.2, 0.25) is 5.02 Å². The van der Waals surface area contributed by atoms with Crippen LogP contribution in [0.3, 0.4) is 0 Å². The van der Waals surface area contributed by atoms with E-state index in [2.05, 4.69) is 0 Å². The van der Waals surface area contributed by atoms with Gasteiger partial charge in [-0.15, -0.1) is 0 Å². The molecule has 144 valence electrons. The van der Waals surface area contributed by atoms with Crippen LogP contribution in [-0.4, -0.2) is 35.6 Å². The lowest BCUT2D eigenvalue weighted by molar-refractivity contribution is 0.0470. The van der Waals surface area contributed by atoms with Crippen molar-refractivity contribution in [2.75, 3.05) is 13.2 Å². The Hall–Kier alpha value is -2.18. The Morgan fingerprint density at radius 1 is 1.30 bits per heavy atom. The number of aromatic nitrogens is 1. The molecule has 2 aromatic rings. The van der Waals surface area contributed by atoms with Gasteiger partial charge in [-0.2, -0.15) is 0 Å². The molecule has 0 bridgehead atoms. The van der Waals surface area contributed by atoms with Crippen LogP contribution in [0.25, 0.3) is 0 Å². The fourth-order valence-electron chi connectivity index (χ4n) is 3.30. The minimum absolute atomic E-state index is 0.154. The van der Waals surface area contributed by atoms with Crippen LogP contribution < -0.4 is 0 Å². The number of nitrogens with zero attached hydrogens (tertiary/aromatic N) is 1. The minimum atomic E-state index is -0.920. The van der Waals surface area contributed by atoms with Gasteiger partial charge in [0.25, 0.3) is 0 Å². The van der Waals surface area contributed by atoms with E-state index in [-0.39, 0.29) is 22.5 Å². The summed E-state index contributed by atoms with van der Waals surface area (Å²) >= 11 is 5.78. The number of hydrogen-bond donors (Lipinski definition) is 0. The van der Waals surface area contributed by atoms with Crippen LogP contribution in [0.5, 0.6) is 0 Å². The lowest BCUT2D eigenvalue weighted by atomic mass is 10.1. The van der Waals surface area contributed by atoms with Gasteiger partial charge in [-0.1, -0.05) is 11.6 Å². The standard InChI is InChI=1S/C20H21ClFNO4/c1-12-8-16(13(2)23(12)10-15-4-3-7-26-15)19(24)11-27-20(25)17-9-14(21)5-6-18(17)22/h5-6,8-9,15H,3-4,7,10-11H2,1-2H3/t15-/m1/s1. The Kier molecular flexibility index (Phi) is 5.97. The van der Waals surface area contributed by atoms with Gasteiger partial charge in [0.15, 0.2) is 6.61 Å². The molecule has 5 nitrogen and oxygen atoms in total. The van der Waals surface area contributed by atoms with Crippen LogP contribution in [-0.2, 0) is 16.0 Å². The second kappa shape index (κ2) is 8.23. The normalized spacial score (nSPS) is 16.5. The molecule has 0 saturated carbocycles. The van der Waals surface area contributed by atoms with Crippen molar-refractivity contribution in [2.45, 2.75) is 39.3 Å². The zero-order valence-corrected chi connectivity index (χ0v) is 16.0. The lowest BCUT2D eigenvalue weighted by Crippen LogP contribution is -2.18. The first-order chi connectivity index (χ1) is 12.9. The van der Waals surface area contributed by atoms with E-state index in [9.17, 15) is 14.0 Å². The maximum atomic E-state index is 13.7. The molecule has 1 fully saturated rings. The summed E-state index contributed by atoms with van der Waals surface area (Å²) in [5, 5.41) is 0.215. The molecule has 2 heterocycles. The highest BCUT2D eigenvalue weighted by molar-refractivity contribution is 6.30. The Labute approximate surface area is 162 Å². The monoisotopic (exact) mass is 393 g/mol. The van der Waals surface area contributed by atoms with Gasteiger partial charge < -0.3 is 14.0 Å². The second-order valence-corrected chi connectivity index (χ2v) is 7.09. The number of hydrogen-bond acceptors (Lipinski definition) is 4. The second-order valence-electron chi connectivity index (χ2n) is 6.65. The third kappa shape index (κ3) is 4.39. The van der Waals surface area contributed by atoms with E-state index in [1.165, 1.54) is 12.1 Å². The van der Waals surface area contributed by atoms with Gasteiger partial charge >= 0.3 is 5.97 Å². The number of benzene rings is 1. The molecule has 0 radical (unpaired) electrons. The third-order valence-corrected chi connectivity index (χ3v) is 5.00. The Bertz CT molecular complexity index is 871. The number of carbonyl (C=O) groups excluding carboxylic acids is 2. The molecule has 1 aromatic carbocycles. The van der Waals surface area contributed by atoms with Gasteiger partial charge in [0.05, 0.1) is 11.7 Å². The fraction of sp³-hybridized carbons (Fsp3) is 0.400. The van der Waals surface area contributed by atoms with Crippen LogP contribution in [0.4, 0.5) is 4.39 Å². The summed E-state index contributed by atoms with van der Waals surface area (Å²) < 4.78 is 26.4. The topological polar surface area (TPSA) is 57.5 Å². The number of Topliss-reactive ketones (excluding diaryl/α,β-unsaturated/α-hetero) is 1. The van der Waals surface area contributed by atoms with Crippen molar-refractivity contribution in [3.05, 3.63) is 57.6 Å². The first kappa shape index (κ1) is 19.6. The number of esters is 1. The van der Waals surface area contributed by atoms with Gasteiger partial charge in [0, 0.05) is 35.1 Å². The average molecular weight is 394 g/mol. The molecule has 1 aromatic heterocycles. The zero-order valence-electron chi connectivity index (χ0n) is 15.3.